The van der Waals surface area contributed by atoms with Crippen LogP contribution in [0.25, 0.3) is 0 Å². The van der Waals surface area contributed by atoms with E-state index < -0.39 is 0 Å². The van der Waals surface area contributed by atoms with Gasteiger partial charge in [0.1, 0.15) is 0 Å². The van der Waals surface area contributed by atoms with E-state index in [4.69, 9.17) is 4.74 Å². The molecular formula is C12H25NO. The molecule has 14 heavy (non-hydrogen) atoms. The van der Waals surface area contributed by atoms with E-state index in [1.54, 1.807) is 0 Å². The summed E-state index contributed by atoms with van der Waals surface area (Å²) >= 11 is 0. The van der Waals surface area contributed by atoms with Crippen LogP contribution in [-0.4, -0.2) is 24.3 Å². The maximum atomic E-state index is 6.03. The van der Waals surface area contributed by atoms with E-state index in [-0.39, 0.29) is 11.0 Å². The summed E-state index contributed by atoms with van der Waals surface area (Å²) in [5.41, 5.74) is 0.266. The third-order valence-corrected chi connectivity index (χ3v) is 3.12. The first kappa shape index (κ1) is 12.0. The number of hydrogen-bond acceptors (Lipinski definition) is 2. The van der Waals surface area contributed by atoms with Gasteiger partial charge >= 0.3 is 0 Å². The molecule has 0 aromatic heterocycles. The highest BCUT2D eigenvalue weighted by molar-refractivity contribution is 5.03. The molecule has 0 unspecified atom stereocenters. The van der Waals surface area contributed by atoms with Gasteiger partial charge in [-0.25, -0.2) is 0 Å². The predicted octanol–water partition coefficient (Wildman–Crippen LogP) is 2.58. The maximum absolute atomic E-state index is 6.03. The van der Waals surface area contributed by atoms with Gasteiger partial charge in [-0.05, 0) is 33.7 Å². The highest BCUT2D eigenvalue weighted by Gasteiger charge is 2.49. The third-order valence-electron chi connectivity index (χ3n) is 3.12. The van der Waals surface area contributed by atoms with Gasteiger partial charge in [-0.3, -0.25) is 0 Å². The number of ether oxygens (including phenoxy) is 1. The molecule has 0 saturated heterocycles. The van der Waals surface area contributed by atoms with Crippen LogP contribution in [0.2, 0.25) is 0 Å². The number of hydrogen-bond donors (Lipinski definition) is 1. The van der Waals surface area contributed by atoms with Crippen LogP contribution in [0.15, 0.2) is 0 Å². The molecule has 2 atom stereocenters. The van der Waals surface area contributed by atoms with Crippen molar-refractivity contribution in [2.45, 2.75) is 65.7 Å². The lowest BCUT2D eigenvalue weighted by Gasteiger charge is -2.53. The number of rotatable bonds is 3. The summed E-state index contributed by atoms with van der Waals surface area (Å²) in [6, 6.07) is 0.625. The first-order chi connectivity index (χ1) is 6.27. The molecule has 0 radical (unpaired) electrons. The molecule has 2 nitrogen and oxygen atoms in total. The van der Waals surface area contributed by atoms with Gasteiger partial charge in [0.15, 0.2) is 0 Å². The SMILES string of the molecule is CCN[C@@H]1C[C@@H](OC(C)(C)C)C1(C)C. The quantitative estimate of drug-likeness (QED) is 0.754. The Morgan fingerprint density at radius 2 is 1.93 bits per heavy atom. The van der Waals surface area contributed by atoms with Crippen LogP contribution in [0.4, 0.5) is 0 Å². The standard InChI is InChI=1S/C12H25NO/c1-7-13-9-8-10(12(9,5)6)14-11(2,3)4/h9-10,13H,7-8H2,1-6H3/t9-,10-/m1/s1. The second kappa shape index (κ2) is 3.82. The first-order valence-electron chi connectivity index (χ1n) is 5.68. The van der Waals surface area contributed by atoms with Gasteiger partial charge < -0.3 is 10.1 Å². The Labute approximate surface area is 88.4 Å². The summed E-state index contributed by atoms with van der Waals surface area (Å²) in [6.07, 6.45) is 1.56. The van der Waals surface area contributed by atoms with Crippen molar-refractivity contribution in [2.24, 2.45) is 5.41 Å². The van der Waals surface area contributed by atoms with Crippen molar-refractivity contribution in [1.29, 1.82) is 0 Å². The van der Waals surface area contributed by atoms with Crippen LogP contribution < -0.4 is 5.32 Å². The maximum Gasteiger partial charge on any atom is 0.0663 e. The summed E-state index contributed by atoms with van der Waals surface area (Å²) in [5.74, 6) is 0. The lowest BCUT2D eigenvalue weighted by molar-refractivity contribution is -0.172. The molecule has 0 aliphatic heterocycles. The largest absolute Gasteiger partial charge is 0.372 e. The molecule has 1 rings (SSSR count). The molecule has 0 bridgehead atoms. The molecule has 1 aliphatic rings. The van der Waals surface area contributed by atoms with Crippen molar-refractivity contribution in [3.8, 4) is 0 Å². The molecule has 0 amide bonds. The number of nitrogens with one attached hydrogen (secondary N) is 1. The summed E-state index contributed by atoms with van der Waals surface area (Å²) in [4.78, 5) is 0. The monoisotopic (exact) mass is 199 g/mol. The van der Waals surface area contributed by atoms with Crippen molar-refractivity contribution < 1.29 is 4.74 Å². The molecule has 1 aliphatic carbocycles. The normalized spacial score (nSPS) is 31.3. The molecule has 0 aromatic carbocycles. The van der Waals surface area contributed by atoms with Gasteiger partial charge in [-0.2, -0.15) is 0 Å². The van der Waals surface area contributed by atoms with E-state index in [0.29, 0.717) is 12.1 Å². The van der Waals surface area contributed by atoms with Gasteiger partial charge in [-0.1, -0.05) is 20.8 Å². The second-order valence-electron chi connectivity index (χ2n) is 5.89. The Kier molecular flexibility index (Phi) is 3.27. The van der Waals surface area contributed by atoms with E-state index in [1.807, 2.05) is 0 Å². The van der Waals surface area contributed by atoms with Gasteiger partial charge in [0.2, 0.25) is 0 Å². The third kappa shape index (κ3) is 2.48. The van der Waals surface area contributed by atoms with Crippen molar-refractivity contribution in [3.05, 3.63) is 0 Å². The van der Waals surface area contributed by atoms with Crippen molar-refractivity contribution in [3.63, 3.8) is 0 Å². The Bertz CT molecular complexity index is 193. The predicted molar refractivity (Wildman–Crippen MR) is 60.5 cm³/mol. The van der Waals surface area contributed by atoms with E-state index in [1.165, 1.54) is 0 Å². The lowest BCUT2D eigenvalue weighted by Crippen LogP contribution is -2.62. The Hall–Kier alpha value is -0.0800. The molecule has 0 spiro atoms. The molecule has 0 aromatic rings. The highest BCUT2D eigenvalue weighted by atomic mass is 16.5. The van der Waals surface area contributed by atoms with Crippen LogP contribution in [0.3, 0.4) is 0 Å². The Morgan fingerprint density at radius 3 is 2.29 bits per heavy atom. The van der Waals surface area contributed by atoms with Crippen LogP contribution in [0.1, 0.15) is 48.0 Å². The van der Waals surface area contributed by atoms with Gasteiger partial charge in [0.05, 0.1) is 11.7 Å². The molecule has 2 heteroatoms. The zero-order valence-electron chi connectivity index (χ0n) is 10.5. The summed E-state index contributed by atoms with van der Waals surface area (Å²) < 4.78 is 6.03. The summed E-state index contributed by atoms with van der Waals surface area (Å²) in [7, 11) is 0. The van der Waals surface area contributed by atoms with Gasteiger partial charge in [0.25, 0.3) is 0 Å². The summed E-state index contributed by atoms with van der Waals surface area (Å²) in [6.45, 7) is 14.2. The van der Waals surface area contributed by atoms with Gasteiger partial charge in [0, 0.05) is 11.5 Å². The van der Waals surface area contributed by atoms with E-state index in [2.05, 4.69) is 46.9 Å². The minimum Gasteiger partial charge on any atom is -0.372 e. The smallest absolute Gasteiger partial charge is 0.0663 e. The highest BCUT2D eigenvalue weighted by Crippen LogP contribution is 2.44. The second-order valence-corrected chi connectivity index (χ2v) is 5.89. The zero-order valence-corrected chi connectivity index (χ0v) is 10.5. The summed E-state index contributed by atoms with van der Waals surface area (Å²) in [5, 5.41) is 3.51. The van der Waals surface area contributed by atoms with E-state index >= 15 is 0 Å². The van der Waals surface area contributed by atoms with Crippen LogP contribution in [0, 0.1) is 5.41 Å². The zero-order chi connectivity index (χ0) is 11.0. The van der Waals surface area contributed by atoms with E-state index in [0.717, 1.165) is 13.0 Å². The average Bonchev–Trinajstić information content (AvgIpc) is 2.01. The van der Waals surface area contributed by atoms with Crippen LogP contribution in [-0.2, 0) is 4.74 Å². The molecule has 1 saturated carbocycles. The fourth-order valence-corrected chi connectivity index (χ4v) is 2.11. The Balaban J connectivity index is 2.46. The Morgan fingerprint density at radius 1 is 1.36 bits per heavy atom. The molecule has 0 heterocycles. The van der Waals surface area contributed by atoms with Gasteiger partial charge in [-0.15, -0.1) is 0 Å². The minimum atomic E-state index is -0.0148. The molecule has 84 valence electrons. The fourth-order valence-electron chi connectivity index (χ4n) is 2.11. The van der Waals surface area contributed by atoms with Crippen LogP contribution >= 0.6 is 0 Å². The average molecular weight is 199 g/mol. The minimum absolute atomic E-state index is 0.0148. The van der Waals surface area contributed by atoms with Crippen molar-refractivity contribution >= 4 is 0 Å². The molecule has 1 fully saturated rings. The van der Waals surface area contributed by atoms with Crippen molar-refractivity contribution in [2.75, 3.05) is 6.54 Å². The van der Waals surface area contributed by atoms with Crippen LogP contribution in [0.5, 0.6) is 0 Å². The van der Waals surface area contributed by atoms with E-state index in [9.17, 15) is 0 Å². The molecular weight excluding hydrogens is 174 g/mol. The topological polar surface area (TPSA) is 21.3 Å². The molecule has 1 N–H and O–H groups in total. The first-order valence-corrected chi connectivity index (χ1v) is 5.68. The lowest BCUT2D eigenvalue weighted by atomic mass is 9.64. The van der Waals surface area contributed by atoms with Crippen molar-refractivity contribution in [1.82, 2.24) is 5.32 Å². The fraction of sp³-hybridized carbons (Fsp3) is 1.00.